The van der Waals surface area contributed by atoms with Crippen LogP contribution >= 0.6 is 0 Å². The molecule has 3 nitrogen and oxygen atoms in total. The van der Waals surface area contributed by atoms with Crippen LogP contribution in [0, 0.1) is 0 Å². The number of nitrogens with one attached hydrogen (secondary N) is 1. The fourth-order valence-corrected chi connectivity index (χ4v) is 1.98. The van der Waals surface area contributed by atoms with Gasteiger partial charge in [-0.25, -0.2) is 0 Å². The Kier molecular flexibility index (Phi) is 19.2. The highest BCUT2D eigenvalue weighted by atomic mass is 16.3. The topological polar surface area (TPSA) is 49.3 Å². The summed E-state index contributed by atoms with van der Waals surface area (Å²) < 4.78 is 0. The van der Waals surface area contributed by atoms with Gasteiger partial charge in [-0.1, -0.05) is 79.8 Å². The molecule has 0 aromatic carbocycles. The molecule has 0 saturated carbocycles. The smallest absolute Gasteiger partial charge is 0.223 e. The number of carbonyl (C=O) groups is 1. The highest BCUT2D eigenvalue weighted by molar-refractivity contribution is 5.77. The van der Waals surface area contributed by atoms with Gasteiger partial charge in [-0.2, -0.15) is 0 Å². The molecule has 0 aliphatic heterocycles. The minimum Gasteiger partial charge on any atom is -0.395 e. The van der Waals surface area contributed by atoms with Gasteiger partial charge in [-0.3, -0.25) is 4.79 Å². The lowest BCUT2D eigenvalue weighted by Crippen LogP contribution is -2.25. The van der Waals surface area contributed by atoms with E-state index in [2.05, 4.69) is 73.0 Å². The van der Waals surface area contributed by atoms with E-state index in [9.17, 15) is 4.79 Å². The van der Waals surface area contributed by atoms with E-state index in [-0.39, 0.29) is 12.5 Å². The Bertz CT molecular complexity index is 496. The fourth-order valence-electron chi connectivity index (χ4n) is 1.98. The Morgan fingerprint density at radius 3 is 1.46 bits per heavy atom. The number of amides is 1. The van der Waals surface area contributed by atoms with E-state index in [4.69, 9.17) is 5.11 Å². The first kappa shape index (κ1) is 23.9. The largest absolute Gasteiger partial charge is 0.395 e. The number of hydrogen-bond acceptors (Lipinski definition) is 2. The van der Waals surface area contributed by atoms with E-state index in [1.54, 1.807) is 0 Å². The first-order chi connectivity index (χ1) is 12.8. The van der Waals surface area contributed by atoms with Crippen molar-refractivity contribution in [3.63, 3.8) is 0 Å². The minimum absolute atomic E-state index is 0.0184. The highest BCUT2D eigenvalue weighted by Crippen LogP contribution is 1.96. The molecule has 1 amide bonds. The summed E-state index contributed by atoms with van der Waals surface area (Å²) in [5, 5.41) is 11.2. The highest BCUT2D eigenvalue weighted by Gasteiger charge is 1.94. The number of allylic oxidation sites excluding steroid dienone is 11. The third-order valence-electron chi connectivity index (χ3n) is 3.33. The number of aliphatic hydroxyl groups is 1. The van der Waals surface area contributed by atoms with Crippen LogP contribution in [-0.2, 0) is 4.79 Å². The summed E-state index contributed by atoms with van der Waals surface area (Å²) in [4.78, 5) is 11.3. The number of rotatable bonds is 15. The Morgan fingerprint density at radius 1 is 0.692 bits per heavy atom. The Balaban J connectivity index is 3.56. The summed E-state index contributed by atoms with van der Waals surface area (Å²) >= 11 is 0. The van der Waals surface area contributed by atoms with Crippen LogP contribution in [0.25, 0.3) is 0 Å². The van der Waals surface area contributed by atoms with E-state index in [0.717, 1.165) is 38.5 Å². The molecule has 0 unspecified atom stereocenters. The standard InChI is InChI=1S/C23H35NO2/c1-2-3-4-5-6-7-8-9-10-11-12-13-14-15-16-17-18-19-20-23(26)24-21-22-25/h3-4,6-7,9-10,12-13,15-16,18-19,25H,2,5,8,11,14,17,20-22H2,1H3,(H,24,26)/b4-3-,7-6-,10-9-,13-12-,16-15-,19-18-. The number of aliphatic hydroxyl groups excluding tert-OH is 1. The van der Waals surface area contributed by atoms with Crippen LogP contribution in [0.5, 0.6) is 0 Å². The van der Waals surface area contributed by atoms with Crippen molar-refractivity contribution in [2.75, 3.05) is 13.2 Å². The summed E-state index contributed by atoms with van der Waals surface area (Å²) in [6, 6.07) is 0. The van der Waals surface area contributed by atoms with Crippen molar-refractivity contribution >= 4 is 5.91 Å². The molecule has 0 fully saturated rings. The van der Waals surface area contributed by atoms with Gasteiger partial charge in [0.05, 0.1) is 6.61 Å². The second-order valence-corrected chi connectivity index (χ2v) is 5.69. The molecule has 0 aromatic rings. The van der Waals surface area contributed by atoms with E-state index in [1.807, 2.05) is 12.2 Å². The molecule has 0 spiro atoms. The van der Waals surface area contributed by atoms with Gasteiger partial charge in [0.25, 0.3) is 0 Å². The quantitative estimate of drug-likeness (QED) is 0.397. The van der Waals surface area contributed by atoms with Crippen molar-refractivity contribution in [2.45, 2.75) is 51.9 Å². The van der Waals surface area contributed by atoms with Crippen LogP contribution in [0.2, 0.25) is 0 Å². The third kappa shape index (κ3) is 19.9. The van der Waals surface area contributed by atoms with Crippen molar-refractivity contribution < 1.29 is 9.90 Å². The van der Waals surface area contributed by atoms with Gasteiger partial charge < -0.3 is 10.4 Å². The minimum atomic E-state index is -0.0564. The van der Waals surface area contributed by atoms with Crippen molar-refractivity contribution in [3.05, 3.63) is 72.9 Å². The summed E-state index contributed by atoms with van der Waals surface area (Å²) in [5.41, 5.74) is 0. The lowest BCUT2D eigenvalue weighted by Gasteiger charge is -1.98. The van der Waals surface area contributed by atoms with E-state index < -0.39 is 0 Å². The zero-order valence-electron chi connectivity index (χ0n) is 16.1. The molecule has 0 bridgehead atoms. The molecule has 0 aromatic heterocycles. The summed E-state index contributed by atoms with van der Waals surface area (Å²) in [6.45, 7) is 2.45. The fraction of sp³-hybridized carbons (Fsp3) is 0.435. The molecular formula is C23H35NO2. The van der Waals surface area contributed by atoms with Crippen LogP contribution < -0.4 is 5.32 Å². The van der Waals surface area contributed by atoms with Gasteiger partial charge in [0.15, 0.2) is 0 Å². The van der Waals surface area contributed by atoms with E-state index >= 15 is 0 Å². The lowest BCUT2D eigenvalue weighted by molar-refractivity contribution is -0.120. The number of hydrogen-bond donors (Lipinski definition) is 2. The first-order valence-electron chi connectivity index (χ1n) is 9.58. The molecule has 0 aliphatic carbocycles. The summed E-state index contributed by atoms with van der Waals surface area (Å²) in [7, 11) is 0. The maximum atomic E-state index is 11.3. The van der Waals surface area contributed by atoms with Gasteiger partial charge >= 0.3 is 0 Å². The van der Waals surface area contributed by atoms with Crippen LogP contribution in [0.1, 0.15) is 51.9 Å². The second kappa shape index (κ2) is 20.9. The summed E-state index contributed by atoms with van der Waals surface area (Å²) in [6.07, 6.45) is 31.8. The Hall–Kier alpha value is -2.13. The average Bonchev–Trinajstić information content (AvgIpc) is 2.65. The average molecular weight is 358 g/mol. The molecule has 0 rings (SSSR count). The monoisotopic (exact) mass is 357 g/mol. The predicted octanol–water partition coefficient (Wildman–Crippen LogP) is 5.18. The zero-order valence-corrected chi connectivity index (χ0v) is 16.1. The van der Waals surface area contributed by atoms with Crippen molar-refractivity contribution in [1.29, 1.82) is 0 Å². The second-order valence-electron chi connectivity index (χ2n) is 5.69. The zero-order chi connectivity index (χ0) is 19.1. The normalized spacial score (nSPS) is 12.8. The van der Waals surface area contributed by atoms with Crippen LogP contribution in [-0.4, -0.2) is 24.2 Å². The molecule has 26 heavy (non-hydrogen) atoms. The molecule has 3 heteroatoms. The molecule has 0 atom stereocenters. The van der Waals surface area contributed by atoms with E-state index in [0.29, 0.717) is 13.0 Å². The van der Waals surface area contributed by atoms with Crippen molar-refractivity contribution in [2.24, 2.45) is 0 Å². The van der Waals surface area contributed by atoms with Crippen molar-refractivity contribution in [3.8, 4) is 0 Å². The van der Waals surface area contributed by atoms with Gasteiger partial charge in [0.1, 0.15) is 0 Å². The molecule has 0 heterocycles. The maximum absolute atomic E-state index is 11.3. The lowest BCUT2D eigenvalue weighted by atomic mass is 10.2. The first-order valence-corrected chi connectivity index (χ1v) is 9.58. The maximum Gasteiger partial charge on any atom is 0.223 e. The van der Waals surface area contributed by atoms with E-state index in [1.165, 1.54) is 0 Å². The molecular weight excluding hydrogens is 322 g/mol. The van der Waals surface area contributed by atoms with Crippen LogP contribution in [0.3, 0.4) is 0 Å². The van der Waals surface area contributed by atoms with Gasteiger partial charge in [-0.15, -0.1) is 0 Å². The number of carbonyl (C=O) groups excluding carboxylic acids is 1. The molecule has 144 valence electrons. The molecule has 0 saturated heterocycles. The SMILES string of the molecule is CC/C=C\C/C=C\C/C=C\C/C=C\C/C=C\C/C=C\CC(=O)NCCO. The van der Waals surface area contributed by atoms with Crippen molar-refractivity contribution in [1.82, 2.24) is 5.32 Å². The Labute approximate surface area is 159 Å². The molecule has 0 radical (unpaired) electrons. The molecule has 2 N–H and O–H groups in total. The van der Waals surface area contributed by atoms with Gasteiger partial charge in [0.2, 0.25) is 5.91 Å². The third-order valence-corrected chi connectivity index (χ3v) is 3.33. The Morgan fingerprint density at radius 2 is 1.08 bits per heavy atom. The predicted molar refractivity (Wildman–Crippen MR) is 113 cm³/mol. The van der Waals surface area contributed by atoms with Gasteiger partial charge in [-0.05, 0) is 38.5 Å². The van der Waals surface area contributed by atoms with Gasteiger partial charge in [0, 0.05) is 13.0 Å². The molecule has 0 aliphatic rings. The van der Waals surface area contributed by atoms with Crippen LogP contribution in [0.15, 0.2) is 72.9 Å². The summed E-state index contributed by atoms with van der Waals surface area (Å²) in [5.74, 6) is -0.0564. The van der Waals surface area contributed by atoms with Crippen LogP contribution in [0.4, 0.5) is 0 Å².